The molecule has 12 heteroatoms. The van der Waals surface area contributed by atoms with Crippen LogP contribution >= 0.6 is 11.6 Å². The lowest BCUT2D eigenvalue weighted by atomic mass is 10.1. The highest BCUT2D eigenvalue weighted by atomic mass is 35.5. The number of hydrogen-bond donors (Lipinski definition) is 3. The summed E-state index contributed by atoms with van der Waals surface area (Å²) in [7, 11) is -3.49. The first-order valence-electron chi connectivity index (χ1n) is 8.93. The largest absolute Gasteiger partial charge is 0.382 e. The molecule has 3 aromatic heterocycles. The number of halogens is 1. The first kappa shape index (κ1) is 21.4. The summed E-state index contributed by atoms with van der Waals surface area (Å²) in [6, 6.07) is 3.10. The molecule has 0 bridgehead atoms. The molecule has 1 unspecified atom stereocenters. The molecule has 0 amide bonds. The van der Waals surface area contributed by atoms with Crippen molar-refractivity contribution in [1.29, 1.82) is 0 Å². The molecule has 29 heavy (non-hydrogen) atoms. The van der Waals surface area contributed by atoms with Gasteiger partial charge in [-0.1, -0.05) is 0 Å². The van der Waals surface area contributed by atoms with Gasteiger partial charge in [-0.2, -0.15) is 10.1 Å². The maximum atomic E-state index is 11.8. The summed E-state index contributed by atoms with van der Waals surface area (Å²) in [5.74, 6) is 0.971. The van der Waals surface area contributed by atoms with Gasteiger partial charge in [0.25, 0.3) is 0 Å². The number of nitrogens with zero attached hydrogens (tertiary/aromatic N) is 4. The van der Waals surface area contributed by atoms with Crippen LogP contribution in [0.4, 0.5) is 11.6 Å². The minimum atomic E-state index is -3.49. The molecule has 156 valence electrons. The van der Waals surface area contributed by atoms with Crippen LogP contribution in [0.2, 0.25) is 5.28 Å². The second-order valence-corrected chi connectivity index (χ2v) is 8.56. The molecule has 1 atom stereocenters. The second kappa shape index (κ2) is 8.99. The van der Waals surface area contributed by atoms with E-state index in [4.69, 9.17) is 16.3 Å². The van der Waals surface area contributed by atoms with Crippen LogP contribution in [0, 0.1) is 6.92 Å². The number of pyridine rings is 1. The summed E-state index contributed by atoms with van der Waals surface area (Å²) in [5.41, 5.74) is 2.34. The standard InChI is InChI=1S/C17H22ClN7O3S/c1-4-28-8-6-11(25-29(3,26)27)13-14-15(24-23-13)16(22-17(18)21-14)20-12-9-10(2)5-7-19-12/h5,7,9,11,25H,4,6,8H2,1-3H3,(H,23,24)(H,19,20,21,22). The highest BCUT2D eigenvalue weighted by molar-refractivity contribution is 7.88. The number of hydrogen-bond acceptors (Lipinski definition) is 8. The predicted octanol–water partition coefficient (Wildman–Crippen LogP) is 2.47. The first-order valence-corrected chi connectivity index (χ1v) is 11.2. The number of fused-ring (bicyclic) bond motifs is 1. The van der Waals surface area contributed by atoms with E-state index in [0.29, 0.717) is 48.0 Å². The normalized spacial score (nSPS) is 13.0. The molecule has 0 aromatic carbocycles. The average Bonchev–Trinajstić information content (AvgIpc) is 3.04. The molecule has 0 radical (unpaired) electrons. The molecule has 0 saturated carbocycles. The Kier molecular flexibility index (Phi) is 6.63. The van der Waals surface area contributed by atoms with Gasteiger partial charge in [-0.05, 0) is 49.6 Å². The number of aromatic amines is 1. The van der Waals surface area contributed by atoms with E-state index in [0.717, 1.165) is 11.8 Å². The fraction of sp³-hybridized carbons (Fsp3) is 0.412. The fourth-order valence-corrected chi connectivity index (χ4v) is 3.72. The van der Waals surface area contributed by atoms with Crippen molar-refractivity contribution in [2.24, 2.45) is 0 Å². The van der Waals surface area contributed by atoms with Gasteiger partial charge in [0.05, 0.1) is 12.3 Å². The molecule has 0 fully saturated rings. The van der Waals surface area contributed by atoms with Crippen LogP contribution in [-0.4, -0.2) is 53.0 Å². The lowest BCUT2D eigenvalue weighted by molar-refractivity contribution is 0.138. The number of aromatic nitrogens is 5. The smallest absolute Gasteiger partial charge is 0.225 e. The molecule has 3 heterocycles. The topological polar surface area (TPSA) is 135 Å². The maximum Gasteiger partial charge on any atom is 0.225 e. The lowest BCUT2D eigenvalue weighted by Gasteiger charge is -2.15. The Morgan fingerprint density at radius 3 is 2.83 bits per heavy atom. The Balaban J connectivity index is 2.01. The molecular formula is C17H22ClN7O3S. The third-order valence-corrected chi connectivity index (χ3v) is 4.90. The Hall–Kier alpha value is -2.34. The zero-order valence-electron chi connectivity index (χ0n) is 16.2. The van der Waals surface area contributed by atoms with Crippen LogP contribution in [0.3, 0.4) is 0 Å². The molecule has 0 aliphatic rings. The summed E-state index contributed by atoms with van der Waals surface area (Å²) >= 11 is 6.13. The van der Waals surface area contributed by atoms with Crippen molar-refractivity contribution in [2.45, 2.75) is 26.3 Å². The van der Waals surface area contributed by atoms with Gasteiger partial charge in [-0.15, -0.1) is 0 Å². The SMILES string of the molecule is CCOCCC(NS(C)(=O)=O)c1n[nH]c2c(Nc3cc(C)ccn3)nc(Cl)nc12. The van der Waals surface area contributed by atoms with E-state index in [1.807, 2.05) is 26.0 Å². The van der Waals surface area contributed by atoms with Gasteiger partial charge in [-0.25, -0.2) is 23.1 Å². The fourth-order valence-electron chi connectivity index (χ4n) is 2.81. The zero-order valence-corrected chi connectivity index (χ0v) is 17.8. The minimum absolute atomic E-state index is 0.00165. The third kappa shape index (κ3) is 5.60. The van der Waals surface area contributed by atoms with Crippen LogP contribution < -0.4 is 10.0 Å². The van der Waals surface area contributed by atoms with Crippen molar-refractivity contribution in [2.75, 3.05) is 24.8 Å². The van der Waals surface area contributed by atoms with E-state index in [1.165, 1.54) is 0 Å². The van der Waals surface area contributed by atoms with Gasteiger partial charge in [0.1, 0.15) is 22.5 Å². The van der Waals surface area contributed by atoms with Gasteiger partial charge in [0.2, 0.25) is 15.3 Å². The zero-order chi connectivity index (χ0) is 21.0. The molecular weight excluding hydrogens is 418 g/mol. The van der Waals surface area contributed by atoms with Crippen LogP contribution in [0.15, 0.2) is 18.3 Å². The second-order valence-electron chi connectivity index (χ2n) is 6.45. The summed E-state index contributed by atoms with van der Waals surface area (Å²) in [6.45, 7) is 4.70. The highest BCUT2D eigenvalue weighted by Gasteiger charge is 2.24. The summed E-state index contributed by atoms with van der Waals surface area (Å²) < 4.78 is 31.6. The third-order valence-electron chi connectivity index (χ3n) is 4.02. The Labute approximate surface area is 173 Å². The van der Waals surface area contributed by atoms with E-state index in [2.05, 4.69) is 35.2 Å². The summed E-state index contributed by atoms with van der Waals surface area (Å²) in [4.78, 5) is 12.7. The van der Waals surface area contributed by atoms with Gasteiger partial charge >= 0.3 is 0 Å². The number of aryl methyl sites for hydroxylation is 1. The minimum Gasteiger partial charge on any atom is -0.382 e. The summed E-state index contributed by atoms with van der Waals surface area (Å²) in [6.07, 6.45) is 3.15. The van der Waals surface area contributed by atoms with E-state index in [1.54, 1.807) is 6.20 Å². The molecule has 3 N–H and O–H groups in total. The van der Waals surface area contributed by atoms with Crippen LogP contribution in [0.1, 0.15) is 30.6 Å². The molecule has 0 saturated heterocycles. The van der Waals surface area contributed by atoms with Crippen molar-refractivity contribution in [1.82, 2.24) is 29.9 Å². The average molecular weight is 440 g/mol. The van der Waals surface area contributed by atoms with Crippen molar-refractivity contribution < 1.29 is 13.2 Å². The van der Waals surface area contributed by atoms with Gasteiger partial charge in [0, 0.05) is 19.4 Å². The van der Waals surface area contributed by atoms with Crippen molar-refractivity contribution in [3.8, 4) is 0 Å². The quantitative estimate of drug-likeness (QED) is 0.342. The van der Waals surface area contributed by atoms with Crippen LogP contribution in [0.25, 0.3) is 11.0 Å². The molecule has 0 spiro atoms. The number of anilines is 2. The van der Waals surface area contributed by atoms with Gasteiger partial charge in [-0.3, -0.25) is 5.10 Å². The lowest BCUT2D eigenvalue weighted by Crippen LogP contribution is -2.29. The first-order chi connectivity index (χ1) is 13.8. The number of sulfonamides is 1. The number of ether oxygens (including phenoxy) is 1. The monoisotopic (exact) mass is 439 g/mol. The van der Waals surface area contributed by atoms with Crippen molar-refractivity contribution in [3.05, 3.63) is 34.9 Å². The molecule has 3 rings (SSSR count). The van der Waals surface area contributed by atoms with E-state index < -0.39 is 16.1 Å². The molecule has 0 aliphatic heterocycles. The van der Waals surface area contributed by atoms with Crippen molar-refractivity contribution in [3.63, 3.8) is 0 Å². The predicted molar refractivity (Wildman–Crippen MR) is 111 cm³/mol. The number of H-pyrrole nitrogens is 1. The summed E-state index contributed by atoms with van der Waals surface area (Å²) in [5, 5.41) is 10.3. The van der Waals surface area contributed by atoms with E-state index in [-0.39, 0.29) is 5.28 Å². The van der Waals surface area contributed by atoms with Gasteiger partial charge in [0.15, 0.2) is 5.82 Å². The van der Waals surface area contributed by atoms with E-state index >= 15 is 0 Å². The number of nitrogens with one attached hydrogen (secondary N) is 3. The Morgan fingerprint density at radius 2 is 2.14 bits per heavy atom. The molecule has 0 aliphatic carbocycles. The van der Waals surface area contributed by atoms with E-state index in [9.17, 15) is 8.42 Å². The molecule has 3 aromatic rings. The maximum absolute atomic E-state index is 11.8. The Morgan fingerprint density at radius 1 is 1.34 bits per heavy atom. The molecule has 10 nitrogen and oxygen atoms in total. The van der Waals surface area contributed by atoms with Gasteiger partial charge < -0.3 is 10.1 Å². The van der Waals surface area contributed by atoms with Crippen LogP contribution in [-0.2, 0) is 14.8 Å². The van der Waals surface area contributed by atoms with Crippen molar-refractivity contribution >= 4 is 44.3 Å². The highest BCUT2D eigenvalue weighted by Crippen LogP contribution is 2.29. The number of rotatable bonds is 9. The Bertz CT molecular complexity index is 1100. The van der Waals surface area contributed by atoms with Crippen LogP contribution in [0.5, 0.6) is 0 Å².